The van der Waals surface area contributed by atoms with Crippen LogP contribution < -0.4 is 10.2 Å². The van der Waals surface area contributed by atoms with E-state index in [2.05, 4.69) is 5.32 Å². The Balaban J connectivity index is 2.05. The predicted molar refractivity (Wildman–Crippen MR) is 93.8 cm³/mol. The molecule has 2 amide bonds. The SMILES string of the molecule is CC(=O)N(CC(=O)NC1CCCCCC1)c1cccc(Cl)c1C. The van der Waals surface area contributed by atoms with Gasteiger partial charge < -0.3 is 10.2 Å². The van der Waals surface area contributed by atoms with Gasteiger partial charge in [-0.3, -0.25) is 9.59 Å². The van der Waals surface area contributed by atoms with Crippen molar-refractivity contribution in [3.8, 4) is 0 Å². The molecule has 0 spiro atoms. The second-order valence-electron chi connectivity index (χ2n) is 6.25. The van der Waals surface area contributed by atoms with Gasteiger partial charge in [0.1, 0.15) is 6.54 Å². The van der Waals surface area contributed by atoms with E-state index >= 15 is 0 Å². The summed E-state index contributed by atoms with van der Waals surface area (Å²) in [5.74, 6) is -0.266. The summed E-state index contributed by atoms with van der Waals surface area (Å²) in [5.41, 5.74) is 1.51. The van der Waals surface area contributed by atoms with E-state index in [0.29, 0.717) is 10.7 Å². The van der Waals surface area contributed by atoms with Gasteiger partial charge in [-0.05, 0) is 37.5 Å². The molecule has 1 aliphatic rings. The highest BCUT2D eigenvalue weighted by Gasteiger charge is 2.21. The first-order valence-corrected chi connectivity index (χ1v) is 8.69. The summed E-state index contributed by atoms with van der Waals surface area (Å²) in [6.45, 7) is 3.36. The van der Waals surface area contributed by atoms with Gasteiger partial charge in [0.15, 0.2) is 0 Å². The van der Waals surface area contributed by atoms with Gasteiger partial charge in [0.25, 0.3) is 0 Å². The van der Waals surface area contributed by atoms with Gasteiger partial charge in [0, 0.05) is 23.7 Å². The van der Waals surface area contributed by atoms with E-state index in [1.54, 1.807) is 12.1 Å². The molecule has 1 fully saturated rings. The highest BCUT2D eigenvalue weighted by molar-refractivity contribution is 6.31. The Hall–Kier alpha value is -1.55. The fourth-order valence-corrected chi connectivity index (χ4v) is 3.26. The number of hydrogen-bond acceptors (Lipinski definition) is 2. The van der Waals surface area contributed by atoms with Crippen molar-refractivity contribution in [1.82, 2.24) is 5.32 Å². The first-order chi connectivity index (χ1) is 11.0. The van der Waals surface area contributed by atoms with Crippen molar-refractivity contribution in [2.75, 3.05) is 11.4 Å². The largest absolute Gasteiger partial charge is 0.352 e. The van der Waals surface area contributed by atoms with Crippen LogP contribution in [0.5, 0.6) is 0 Å². The van der Waals surface area contributed by atoms with Gasteiger partial charge >= 0.3 is 0 Å². The molecule has 0 saturated heterocycles. The quantitative estimate of drug-likeness (QED) is 0.849. The summed E-state index contributed by atoms with van der Waals surface area (Å²) in [7, 11) is 0. The van der Waals surface area contributed by atoms with Crippen molar-refractivity contribution < 1.29 is 9.59 Å². The zero-order valence-corrected chi connectivity index (χ0v) is 14.7. The molecule has 1 saturated carbocycles. The Morgan fingerprint density at radius 1 is 1.22 bits per heavy atom. The maximum absolute atomic E-state index is 12.4. The van der Waals surface area contributed by atoms with E-state index in [9.17, 15) is 9.59 Å². The molecular formula is C18H25ClN2O2. The predicted octanol–water partition coefficient (Wildman–Crippen LogP) is 3.84. The number of carbonyl (C=O) groups is 2. The van der Waals surface area contributed by atoms with Crippen LogP contribution in [-0.2, 0) is 9.59 Å². The topological polar surface area (TPSA) is 49.4 Å². The molecule has 0 aromatic heterocycles. The summed E-state index contributed by atoms with van der Waals surface area (Å²) in [4.78, 5) is 25.9. The fourth-order valence-electron chi connectivity index (χ4n) is 3.10. The minimum atomic E-state index is -0.161. The number of benzene rings is 1. The molecular weight excluding hydrogens is 312 g/mol. The van der Waals surface area contributed by atoms with Crippen molar-refractivity contribution in [1.29, 1.82) is 0 Å². The van der Waals surface area contributed by atoms with Crippen LogP contribution in [0.25, 0.3) is 0 Å². The Bertz CT molecular complexity index is 566. The highest BCUT2D eigenvalue weighted by atomic mass is 35.5. The molecule has 1 aliphatic carbocycles. The van der Waals surface area contributed by atoms with Gasteiger partial charge in [-0.15, -0.1) is 0 Å². The maximum atomic E-state index is 12.4. The number of rotatable bonds is 4. The number of nitrogens with one attached hydrogen (secondary N) is 1. The van der Waals surface area contributed by atoms with Gasteiger partial charge in [0.2, 0.25) is 11.8 Å². The van der Waals surface area contributed by atoms with E-state index in [1.807, 2.05) is 13.0 Å². The zero-order chi connectivity index (χ0) is 16.8. The second-order valence-corrected chi connectivity index (χ2v) is 6.65. The van der Waals surface area contributed by atoms with Gasteiger partial charge in [-0.2, -0.15) is 0 Å². The normalized spacial score (nSPS) is 15.8. The molecule has 1 aromatic rings. The molecule has 23 heavy (non-hydrogen) atoms. The van der Waals surface area contributed by atoms with E-state index in [-0.39, 0.29) is 24.4 Å². The lowest BCUT2D eigenvalue weighted by Crippen LogP contribution is -2.43. The third-order valence-corrected chi connectivity index (χ3v) is 4.84. The van der Waals surface area contributed by atoms with Crippen molar-refractivity contribution in [2.24, 2.45) is 0 Å². The summed E-state index contributed by atoms with van der Waals surface area (Å²) in [6, 6.07) is 5.63. The lowest BCUT2D eigenvalue weighted by molar-refractivity contribution is -0.123. The molecule has 2 rings (SSSR count). The fraction of sp³-hybridized carbons (Fsp3) is 0.556. The summed E-state index contributed by atoms with van der Waals surface area (Å²) < 4.78 is 0. The van der Waals surface area contributed by atoms with Crippen LogP contribution in [0.3, 0.4) is 0 Å². The standard InChI is InChI=1S/C18H25ClN2O2/c1-13-16(19)10-7-11-17(13)21(14(2)22)12-18(23)20-15-8-5-3-4-6-9-15/h7,10-11,15H,3-6,8-9,12H2,1-2H3,(H,20,23). The highest BCUT2D eigenvalue weighted by Crippen LogP contribution is 2.26. The molecule has 0 bridgehead atoms. The van der Waals surface area contributed by atoms with E-state index in [1.165, 1.54) is 24.7 Å². The first-order valence-electron chi connectivity index (χ1n) is 8.31. The van der Waals surface area contributed by atoms with Crippen LogP contribution in [-0.4, -0.2) is 24.4 Å². The van der Waals surface area contributed by atoms with Crippen LogP contribution in [0.15, 0.2) is 18.2 Å². The maximum Gasteiger partial charge on any atom is 0.240 e. The van der Waals surface area contributed by atoms with Crippen molar-refractivity contribution in [2.45, 2.75) is 58.4 Å². The minimum absolute atomic E-state index is 0.0347. The molecule has 1 aromatic carbocycles. The Labute approximate surface area is 143 Å². The molecule has 1 N–H and O–H groups in total. The van der Waals surface area contributed by atoms with Gasteiger partial charge in [-0.25, -0.2) is 0 Å². The third kappa shape index (κ3) is 4.96. The summed E-state index contributed by atoms with van der Waals surface area (Å²) in [6.07, 6.45) is 6.87. The third-order valence-electron chi connectivity index (χ3n) is 4.43. The van der Waals surface area contributed by atoms with Crippen LogP contribution in [0.4, 0.5) is 5.69 Å². The van der Waals surface area contributed by atoms with E-state index < -0.39 is 0 Å². The summed E-state index contributed by atoms with van der Waals surface area (Å²) >= 11 is 6.13. The smallest absolute Gasteiger partial charge is 0.240 e. The molecule has 0 unspecified atom stereocenters. The van der Waals surface area contributed by atoms with Gasteiger partial charge in [-0.1, -0.05) is 43.4 Å². The number of anilines is 1. The lowest BCUT2D eigenvalue weighted by Gasteiger charge is -2.24. The number of nitrogens with zero attached hydrogens (tertiary/aromatic N) is 1. The van der Waals surface area contributed by atoms with E-state index in [4.69, 9.17) is 11.6 Å². The van der Waals surface area contributed by atoms with E-state index in [0.717, 1.165) is 31.2 Å². The molecule has 0 aliphatic heterocycles. The Morgan fingerprint density at radius 3 is 2.48 bits per heavy atom. The average Bonchev–Trinajstić information content (AvgIpc) is 2.76. The molecule has 0 radical (unpaired) electrons. The number of carbonyl (C=O) groups excluding carboxylic acids is 2. The van der Waals surface area contributed by atoms with Crippen molar-refractivity contribution in [3.63, 3.8) is 0 Å². The molecule has 0 atom stereocenters. The molecule has 4 nitrogen and oxygen atoms in total. The van der Waals surface area contributed by atoms with Crippen LogP contribution in [0, 0.1) is 6.92 Å². The summed E-state index contributed by atoms with van der Waals surface area (Å²) in [5, 5.41) is 3.68. The Kier molecular flexibility index (Phi) is 6.46. The molecule has 5 heteroatoms. The molecule has 0 heterocycles. The lowest BCUT2D eigenvalue weighted by atomic mass is 10.1. The van der Waals surface area contributed by atoms with Crippen LogP contribution >= 0.6 is 11.6 Å². The number of amides is 2. The van der Waals surface area contributed by atoms with Crippen molar-refractivity contribution in [3.05, 3.63) is 28.8 Å². The van der Waals surface area contributed by atoms with Crippen LogP contribution in [0.1, 0.15) is 51.0 Å². The second kappa shape index (κ2) is 8.34. The van der Waals surface area contributed by atoms with Crippen LogP contribution in [0.2, 0.25) is 5.02 Å². The molecule has 126 valence electrons. The first kappa shape index (κ1) is 17.8. The van der Waals surface area contributed by atoms with Gasteiger partial charge in [0.05, 0.1) is 0 Å². The number of hydrogen-bond donors (Lipinski definition) is 1. The monoisotopic (exact) mass is 336 g/mol. The Morgan fingerprint density at radius 2 is 1.87 bits per heavy atom. The average molecular weight is 337 g/mol. The number of halogens is 1. The minimum Gasteiger partial charge on any atom is -0.352 e. The zero-order valence-electron chi connectivity index (χ0n) is 13.9. The van der Waals surface area contributed by atoms with Crippen molar-refractivity contribution >= 4 is 29.1 Å².